The van der Waals surface area contributed by atoms with E-state index in [1.54, 1.807) is 0 Å². The summed E-state index contributed by atoms with van der Waals surface area (Å²) in [7, 11) is 0. The number of carbonyl (C=O) groups is 1. The Hall–Kier alpha value is -3.54. The predicted octanol–water partition coefficient (Wildman–Crippen LogP) is 4.03. The van der Waals surface area contributed by atoms with Crippen molar-refractivity contribution in [3.63, 3.8) is 0 Å². The maximum atomic E-state index is 13.8. The van der Waals surface area contributed by atoms with Gasteiger partial charge in [0.2, 0.25) is 0 Å². The number of H-pyrrole nitrogens is 1. The molecule has 1 atom stereocenters. The molecule has 1 unspecified atom stereocenters. The van der Waals surface area contributed by atoms with Gasteiger partial charge in [0.1, 0.15) is 5.82 Å². The van der Waals surface area contributed by atoms with Crippen LogP contribution in [0.1, 0.15) is 46.9 Å². The number of thioether (sulfide) groups is 1. The zero-order valence-corrected chi connectivity index (χ0v) is 26.0. The van der Waals surface area contributed by atoms with Gasteiger partial charge in [-0.25, -0.2) is 4.98 Å². The van der Waals surface area contributed by atoms with E-state index in [1.165, 1.54) is 11.8 Å². The average Bonchev–Trinajstić information content (AvgIpc) is 3.40. The fourth-order valence-corrected chi connectivity index (χ4v) is 6.88. The van der Waals surface area contributed by atoms with Gasteiger partial charge in [0, 0.05) is 77.1 Å². The Morgan fingerprint density at radius 2 is 1.88 bits per heavy atom. The second kappa shape index (κ2) is 12.2. The number of carbonyl (C=O) groups excluding carboxylic acids is 1. The summed E-state index contributed by atoms with van der Waals surface area (Å²) in [5, 5.41) is 6.40. The molecule has 3 aromatic rings. The molecule has 1 aromatic carbocycles. The lowest BCUT2D eigenvalue weighted by Crippen LogP contribution is -2.47. The second-order valence-electron chi connectivity index (χ2n) is 11.5. The van der Waals surface area contributed by atoms with Crippen LogP contribution in [0.3, 0.4) is 0 Å². The number of rotatable bonds is 7. The van der Waals surface area contributed by atoms with E-state index in [0.29, 0.717) is 41.4 Å². The predicted molar refractivity (Wildman–Crippen MR) is 167 cm³/mol. The molecular weight excluding hydrogens is 566 g/mol. The molecule has 43 heavy (non-hydrogen) atoms. The summed E-state index contributed by atoms with van der Waals surface area (Å²) in [5.41, 5.74) is 3.88. The third-order valence-electron chi connectivity index (χ3n) is 8.69. The van der Waals surface area contributed by atoms with E-state index in [2.05, 4.69) is 20.5 Å². The van der Waals surface area contributed by atoms with E-state index in [-0.39, 0.29) is 23.9 Å². The molecule has 0 aliphatic carbocycles. The summed E-state index contributed by atoms with van der Waals surface area (Å²) in [6, 6.07) is 7.81. The minimum absolute atomic E-state index is 0.108. The number of morpholine rings is 1. The molecular formula is C32H39N5O5S. The van der Waals surface area contributed by atoms with Crippen molar-refractivity contribution in [2.24, 2.45) is 5.92 Å². The number of nitrogens with one attached hydrogen (secondary N) is 3. The number of aryl methyl sites for hydroxylation is 1. The Bertz CT molecular complexity index is 1560. The van der Waals surface area contributed by atoms with Crippen molar-refractivity contribution in [2.75, 3.05) is 50.5 Å². The van der Waals surface area contributed by atoms with Crippen LogP contribution in [0.25, 0.3) is 11.1 Å². The van der Waals surface area contributed by atoms with Crippen LogP contribution in [-0.4, -0.2) is 67.3 Å². The number of fused-ring (bicyclic) bond motifs is 1. The van der Waals surface area contributed by atoms with Crippen LogP contribution in [0.5, 0.6) is 11.5 Å². The molecule has 0 saturated carbocycles. The van der Waals surface area contributed by atoms with Gasteiger partial charge in [-0.15, -0.1) is 11.8 Å². The number of hydrogen-bond donors (Lipinski definition) is 3. The highest BCUT2D eigenvalue weighted by Gasteiger charge is 2.46. The molecule has 10 nitrogen and oxygen atoms in total. The van der Waals surface area contributed by atoms with Crippen molar-refractivity contribution in [3.05, 3.63) is 63.2 Å². The Labute approximate surface area is 255 Å². The molecule has 2 saturated heterocycles. The molecule has 3 aliphatic heterocycles. The molecule has 1 amide bonds. The lowest BCUT2D eigenvalue weighted by Gasteiger charge is -2.35. The Morgan fingerprint density at radius 3 is 2.58 bits per heavy atom. The Kier molecular flexibility index (Phi) is 8.39. The molecule has 5 heterocycles. The standard InChI is InChI=1S/C32H39N5O5S/c1-19-15-26(43-4)25(31(39)36-19)18-35-30(38)23-16-24(21-5-6-27(34-17-21)37-11-13-40-14-12-37)29-28(20(23)2)41-32(3,42-29)22-7-9-33-10-8-22/h5-6,15-17,22,33H,7-14,18H2,1-4H3,(H,35,38)(H,36,39). The van der Waals surface area contributed by atoms with Crippen LogP contribution in [-0.2, 0) is 11.3 Å². The molecule has 3 aliphatic rings. The molecule has 0 spiro atoms. The number of benzene rings is 1. The van der Waals surface area contributed by atoms with E-state index in [0.717, 1.165) is 66.6 Å². The molecule has 2 fully saturated rings. The molecule has 2 aromatic heterocycles. The fourth-order valence-electron chi connectivity index (χ4n) is 6.17. The third-order valence-corrected chi connectivity index (χ3v) is 9.49. The van der Waals surface area contributed by atoms with Crippen LogP contribution >= 0.6 is 11.8 Å². The van der Waals surface area contributed by atoms with E-state index < -0.39 is 5.79 Å². The zero-order chi connectivity index (χ0) is 30.1. The largest absolute Gasteiger partial charge is 0.448 e. The summed E-state index contributed by atoms with van der Waals surface area (Å²) in [4.78, 5) is 37.1. The fraction of sp³-hybridized carbons (Fsp3) is 0.469. The minimum atomic E-state index is -0.845. The van der Waals surface area contributed by atoms with Crippen molar-refractivity contribution < 1.29 is 19.0 Å². The first-order chi connectivity index (χ1) is 20.8. The number of aromatic nitrogens is 2. The zero-order valence-electron chi connectivity index (χ0n) is 25.2. The SMILES string of the molecule is CSc1cc(C)[nH]c(=O)c1CNC(=O)c1cc(-c2ccc(N3CCOCC3)nc2)c2c(c1C)OC(C)(C1CCNCC1)O2. The van der Waals surface area contributed by atoms with Crippen LogP contribution in [0.2, 0.25) is 0 Å². The first-order valence-corrected chi connectivity index (χ1v) is 16.1. The first kappa shape index (κ1) is 29.5. The summed E-state index contributed by atoms with van der Waals surface area (Å²) in [6.45, 7) is 10.6. The summed E-state index contributed by atoms with van der Waals surface area (Å²) < 4.78 is 18.8. The highest BCUT2D eigenvalue weighted by Crippen LogP contribution is 2.52. The van der Waals surface area contributed by atoms with E-state index >= 15 is 0 Å². The van der Waals surface area contributed by atoms with E-state index in [1.807, 2.05) is 57.5 Å². The number of aromatic amines is 1. The number of nitrogens with zero attached hydrogens (tertiary/aromatic N) is 2. The molecule has 0 radical (unpaired) electrons. The van der Waals surface area contributed by atoms with Gasteiger partial charge in [-0.2, -0.15) is 0 Å². The van der Waals surface area contributed by atoms with Gasteiger partial charge in [-0.05, 0) is 70.3 Å². The molecule has 3 N–H and O–H groups in total. The van der Waals surface area contributed by atoms with Crippen LogP contribution in [0.4, 0.5) is 5.82 Å². The normalized spacial score (nSPS) is 20.3. The summed E-state index contributed by atoms with van der Waals surface area (Å²) >= 11 is 1.49. The van der Waals surface area contributed by atoms with Crippen LogP contribution in [0, 0.1) is 19.8 Å². The van der Waals surface area contributed by atoms with Crippen molar-refractivity contribution in [3.8, 4) is 22.6 Å². The Morgan fingerprint density at radius 1 is 1.14 bits per heavy atom. The minimum Gasteiger partial charge on any atom is -0.448 e. The average molecular weight is 606 g/mol. The van der Waals surface area contributed by atoms with Gasteiger partial charge in [0.15, 0.2) is 11.5 Å². The number of pyridine rings is 2. The van der Waals surface area contributed by atoms with Crippen molar-refractivity contribution in [2.45, 2.75) is 50.8 Å². The topological polar surface area (TPSA) is 118 Å². The van der Waals surface area contributed by atoms with Gasteiger partial charge in [0.05, 0.1) is 13.2 Å². The quantitative estimate of drug-likeness (QED) is 0.343. The number of piperidine rings is 1. The number of anilines is 1. The summed E-state index contributed by atoms with van der Waals surface area (Å²) in [6.07, 6.45) is 5.62. The highest BCUT2D eigenvalue weighted by atomic mass is 32.2. The van der Waals surface area contributed by atoms with E-state index in [9.17, 15) is 9.59 Å². The van der Waals surface area contributed by atoms with Gasteiger partial charge >= 0.3 is 0 Å². The third kappa shape index (κ3) is 5.85. The van der Waals surface area contributed by atoms with Gasteiger partial charge in [0.25, 0.3) is 17.3 Å². The first-order valence-electron chi connectivity index (χ1n) is 14.9. The van der Waals surface area contributed by atoms with Crippen molar-refractivity contribution >= 4 is 23.5 Å². The van der Waals surface area contributed by atoms with Crippen LogP contribution in [0.15, 0.2) is 40.2 Å². The smallest absolute Gasteiger partial charge is 0.254 e. The van der Waals surface area contributed by atoms with Gasteiger partial charge in [-0.1, -0.05) is 0 Å². The van der Waals surface area contributed by atoms with E-state index in [4.69, 9.17) is 19.2 Å². The number of amides is 1. The van der Waals surface area contributed by atoms with Gasteiger partial charge < -0.3 is 34.7 Å². The highest BCUT2D eigenvalue weighted by molar-refractivity contribution is 7.98. The molecule has 0 bridgehead atoms. The van der Waals surface area contributed by atoms with Gasteiger partial charge in [-0.3, -0.25) is 9.59 Å². The lowest BCUT2D eigenvalue weighted by molar-refractivity contribution is -0.117. The number of hydrogen-bond acceptors (Lipinski definition) is 9. The summed E-state index contributed by atoms with van der Waals surface area (Å²) in [5.74, 6) is 1.17. The number of ether oxygens (including phenoxy) is 3. The second-order valence-corrected chi connectivity index (χ2v) is 12.4. The monoisotopic (exact) mass is 605 g/mol. The van der Waals surface area contributed by atoms with Crippen molar-refractivity contribution in [1.82, 2.24) is 20.6 Å². The Balaban J connectivity index is 1.35. The molecule has 228 valence electrons. The lowest BCUT2D eigenvalue weighted by atomic mass is 9.90. The molecule has 11 heteroatoms. The van der Waals surface area contributed by atoms with Crippen molar-refractivity contribution in [1.29, 1.82) is 0 Å². The maximum Gasteiger partial charge on any atom is 0.254 e. The molecule has 6 rings (SSSR count). The maximum absolute atomic E-state index is 13.8. The van der Waals surface area contributed by atoms with Crippen LogP contribution < -0.4 is 30.6 Å².